The molecular weight excluding hydrogens is 520 g/mol. The molecule has 0 bridgehead atoms. The summed E-state index contributed by atoms with van der Waals surface area (Å²) in [4.78, 5) is 37.7. The van der Waals surface area contributed by atoms with Crippen LogP contribution in [0.5, 0.6) is 11.5 Å². The maximum absolute atomic E-state index is 12.8. The summed E-state index contributed by atoms with van der Waals surface area (Å²) >= 11 is 3.40. The van der Waals surface area contributed by atoms with E-state index >= 15 is 0 Å². The first kappa shape index (κ1) is 24.1. The largest absolute Gasteiger partial charge is 0.493 e. The van der Waals surface area contributed by atoms with Gasteiger partial charge in [-0.3, -0.25) is 9.69 Å². The van der Waals surface area contributed by atoms with Gasteiger partial charge in [0.1, 0.15) is 18.1 Å². The van der Waals surface area contributed by atoms with Crippen LogP contribution in [0.4, 0.5) is 4.79 Å². The van der Waals surface area contributed by atoms with Crippen molar-refractivity contribution in [3.63, 3.8) is 0 Å². The summed E-state index contributed by atoms with van der Waals surface area (Å²) in [6.45, 7) is 0.225. The van der Waals surface area contributed by atoms with Crippen LogP contribution in [0.2, 0.25) is 0 Å². The summed E-state index contributed by atoms with van der Waals surface area (Å²) in [7, 11) is 2.75. The van der Waals surface area contributed by atoms with Crippen LogP contribution in [0.1, 0.15) is 27.4 Å². The minimum Gasteiger partial charge on any atom is -0.493 e. The standard InChI is InChI=1S/C25H21BrN2O7/c1-32-22-12-16(5-9-20(22)34-14-15-3-6-17(26)7-4-15)11-19-23(29)28(25(31)27-19)13-18-8-10-21(35-18)24(30)33-2/h3-12H,13-14H2,1-2H3,(H,27,31)/b19-11+. The number of rotatable bonds is 8. The monoisotopic (exact) mass is 540 g/mol. The summed E-state index contributed by atoms with van der Waals surface area (Å²) in [5.41, 5.74) is 1.73. The Kier molecular flexibility index (Phi) is 7.21. The number of esters is 1. The van der Waals surface area contributed by atoms with Gasteiger partial charge in [-0.1, -0.05) is 34.1 Å². The van der Waals surface area contributed by atoms with Crippen LogP contribution < -0.4 is 14.8 Å². The molecule has 1 aromatic heterocycles. The highest BCUT2D eigenvalue weighted by molar-refractivity contribution is 9.10. The lowest BCUT2D eigenvalue weighted by Gasteiger charge is -2.12. The number of furan rings is 1. The number of methoxy groups -OCH3 is 2. The van der Waals surface area contributed by atoms with E-state index in [2.05, 4.69) is 26.0 Å². The van der Waals surface area contributed by atoms with Crippen molar-refractivity contribution in [1.82, 2.24) is 10.2 Å². The predicted molar refractivity (Wildman–Crippen MR) is 129 cm³/mol. The lowest BCUT2D eigenvalue weighted by atomic mass is 10.1. The lowest BCUT2D eigenvalue weighted by Crippen LogP contribution is -2.30. The van der Waals surface area contributed by atoms with E-state index in [1.165, 1.54) is 26.4 Å². The molecule has 0 aliphatic carbocycles. The number of benzene rings is 2. The smallest absolute Gasteiger partial charge is 0.373 e. The van der Waals surface area contributed by atoms with Crippen LogP contribution in [-0.4, -0.2) is 37.0 Å². The normalized spacial score (nSPS) is 14.3. The van der Waals surface area contributed by atoms with E-state index in [9.17, 15) is 14.4 Å². The Morgan fingerprint density at radius 1 is 1.06 bits per heavy atom. The third kappa shape index (κ3) is 5.55. The molecule has 180 valence electrons. The lowest BCUT2D eigenvalue weighted by molar-refractivity contribution is -0.123. The molecule has 1 N–H and O–H groups in total. The topological polar surface area (TPSA) is 107 Å². The fourth-order valence-electron chi connectivity index (χ4n) is 3.35. The highest BCUT2D eigenvalue weighted by atomic mass is 79.9. The molecule has 4 rings (SSSR count). The average Bonchev–Trinajstić information content (AvgIpc) is 3.44. The summed E-state index contributed by atoms with van der Waals surface area (Å²) < 4.78 is 22.2. The fraction of sp³-hybridized carbons (Fsp3) is 0.160. The fourth-order valence-corrected chi connectivity index (χ4v) is 3.61. The molecule has 2 aromatic carbocycles. The van der Waals surface area contributed by atoms with E-state index in [0.29, 0.717) is 23.7 Å². The number of carbonyl (C=O) groups is 3. The third-order valence-corrected chi connectivity index (χ3v) is 5.66. The highest BCUT2D eigenvalue weighted by Crippen LogP contribution is 2.30. The van der Waals surface area contributed by atoms with Gasteiger partial charge in [-0.2, -0.15) is 0 Å². The zero-order valence-electron chi connectivity index (χ0n) is 18.9. The Labute approximate surface area is 209 Å². The van der Waals surface area contributed by atoms with Crippen molar-refractivity contribution in [3.05, 3.63) is 87.4 Å². The van der Waals surface area contributed by atoms with Crippen LogP contribution in [0, 0.1) is 0 Å². The van der Waals surface area contributed by atoms with Crippen molar-refractivity contribution in [2.75, 3.05) is 14.2 Å². The molecule has 2 heterocycles. The molecule has 0 atom stereocenters. The molecule has 0 spiro atoms. The van der Waals surface area contributed by atoms with Crippen molar-refractivity contribution >= 4 is 39.9 Å². The van der Waals surface area contributed by atoms with Gasteiger partial charge >= 0.3 is 12.0 Å². The second-order valence-electron chi connectivity index (χ2n) is 7.46. The van der Waals surface area contributed by atoms with Gasteiger partial charge in [0.25, 0.3) is 5.91 Å². The van der Waals surface area contributed by atoms with E-state index in [4.69, 9.17) is 13.9 Å². The maximum atomic E-state index is 12.8. The number of amides is 3. The second-order valence-corrected chi connectivity index (χ2v) is 8.38. The van der Waals surface area contributed by atoms with Gasteiger partial charge in [-0.05, 0) is 53.6 Å². The molecule has 3 amide bonds. The SMILES string of the molecule is COC(=O)c1ccc(CN2C(=O)N/C(=C/c3ccc(OCc4ccc(Br)cc4)c(OC)c3)C2=O)o1. The average molecular weight is 541 g/mol. The van der Waals surface area contributed by atoms with Gasteiger partial charge in [0.15, 0.2) is 11.5 Å². The molecule has 9 nitrogen and oxygen atoms in total. The van der Waals surface area contributed by atoms with Gasteiger partial charge < -0.3 is 23.9 Å². The molecule has 1 aliphatic heterocycles. The number of urea groups is 1. The number of carbonyl (C=O) groups excluding carboxylic acids is 3. The van der Waals surface area contributed by atoms with Crippen molar-refractivity contribution in [3.8, 4) is 11.5 Å². The molecule has 3 aromatic rings. The second kappa shape index (κ2) is 10.5. The Morgan fingerprint density at radius 2 is 1.83 bits per heavy atom. The third-order valence-electron chi connectivity index (χ3n) is 5.13. The Balaban J connectivity index is 1.46. The Bertz CT molecular complexity index is 1300. The van der Waals surface area contributed by atoms with Gasteiger partial charge in [0.2, 0.25) is 5.76 Å². The van der Waals surface area contributed by atoms with Crippen LogP contribution in [0.25, 0.3) is 6.08 Å². The number of hydrogen-bond donors (Lipinski definition) is 1. The summed E-state index contributed by atoms with van der Waals surface area (Å²) in [6.07, 6.45) is 1.54. The van der Waals surface area contributed by atoms with Crippen LogP contribution in [-0.2, 0) is 22.7 Å². The first-order chi connectivity index (χ1) is 16.9. The minimum absolute atomic E-state index is 0.0140. The van der Waals surface area contributed by atoms with Gasteiger partial charge in [-0.25, -0.2) is 9.59 Å². The number of nitrogens with zero attached hydrogens (tertiary/aromatic N) is 1. The molecule has 0 saturated carbocycles. The number of nitrogens with one attached hydrogen (secondary N) is 1. The molecule has 0 radical (unpaired) electrons. The maximum Gasteiger partial charge on any atom is 0.373 e. The van der Waals surface area contributed by atoms with E-state index < -0.39 is 17.9 Å². The number of hydrogen-bond acceptors (Lipinski definition) is 7. The van der Waals surface area contributed by atoms with Crippen molar-refractivity contribution in [1.29, 1.82) is 0 Å². The van der Waals surface area contributed by atoms with E-state index in [-0.39, 0.29) is 23.8 Å². The summed E-state index contributed by atoms with van der Waals surface area (Å²) in [5.74, 6) is 0.105. The predicted octanol–water partition coefficient (Wildman–Crippen LogP) is 4.51. The zero-order valence-corrected chi connectivity index (χ0v) is 20.5. The van der Waals surface area contributed by atoms with E-state index in [1.54, 1.807) is 24.3 Å². The van der Waals surface area contributed by atoms with E-state index in [1.807, 2.05) is 24.3 Å². The number of imide groups is 1. The molecule has 35 heavy (non-hydrogen) atoms. The van der Waals surface area contributed by atoms with Crippen LogP contribution in [0.3, 0.4) is 0 Å². The van der Waals surface area contributed by atoms with Gasteiger partial charge in [0, 0.05) is 4.47 Å². The first-order valence-electron chi connectivity index (χ1n) is 10.4. The molecule has 1 aliphatic rings. The van der Waals surface area contributed by atoms with Gasteiger partial charge in [0.05, 0.1) is 20.8 Å². The van der Waals surface area contributed by atoms with Crippen molar-refractivity contribution < 1.29 is 33.0 Å². The van der Waals surface area contributed by atoms with Crippen molar-refractivity contribution in [2.24, 2.45) is 0 Å². The Morgan fingerprint density at radius 3 is 2.54 bits per heavy atom. The Hall–Kier alpha value is -4.05. The number of ether oxygens (including phenoxy) is 3. The summed E-state index contributed by atoms with van der Waals surface area (Å²) in [6, 6.07) is 15.3. The first-order valence-corrected chi connectivity index (χ1v) is 11.2. The molecular formula is C25H21BrN2O7. The van der Waals surface area contributed by atoms with Gasteiger partial charge in [-0.15, -0.1) is 0 Å². The number of halogens is 1. The summed E-state index contributed by atoms with van der Waals surface area (Å²) in [5, 5.41) is 2.56. The zero-order chi connectivity index (χ0) is 24.9. The van der Waals surface area contributed by atoms with E-state index in [0.717, 1.165) is 14.9 Å². The minimum atomic E-state index is -0.646. The molecule has 10 heteroatoms. The quantitative estimate of drug-likeness (QED) is 0.254. The highest BCUT2D eigenvalue weighted by Gasteiger charge is 2.34. The molecule has 1 saturated heterocycles. The van der Waals surface area contributed by atoms with Crippen LogP contribution >= 0.6 is 15.9 Å². The van der Waals surface area contributed by atoms with Crippen molar-refractivity contribution in [2.45, 2.75) is 13.2 Å². The molecule has 0 unspecified atom stereocenters. The van der Waals surface area contributed by atoms with Crippen LogP contribution in [0.15, 0.2) is 69.2 Å². The molecule has 1 fully saturated rings.